The van der Waals surface area contributed by atoms with E-state index in [0.29, 0.717) is 5.75 Å². The summed E-state index contributed by atoms with van der Waals surface area (Å²) in [5.74, 6) is 0.838. The number of ether oxygens (including phenoxy) is 1. The van der Waals surface area contributed by atoms with Crippen LogP contribution in [0.4, 0.5) is 0 Å². The molecule has 2 aliphatic heterocycles. The minimum absolute atomic E-state index is 0.0740. The molecular formula is C23H32N2O3. The van der Waals surface area contributed by atoms with Gasteiger partial charge in [0.15, 0.2) is 11.5 Å². The minimum atomic E-state index is -0.825. The molecule has 28 heavy (non-hydrogen) atoms. The number of benzene rings is 1. The number of rotatable bonds is 6. The molecule has 1 aromatic carbocycles. The van der Waals surface area contributed by atoms with Gasteiger partial charge in [-0.05, 0) is 56.8 Å². The van der Waals surface area contributed by atoms with Crippen molar-refractivity contribution in [1.82, 2.24) is 10.2 Å². The Balaban J connectivity index is 1.63. The molecule has 5 heteroatoms. The van der Waals surface area contributed by atoms with E-state index < -0.39 is 11.0 Å². The van der Waals surface area contributed by atoms with Crippen LogP contribution in [0.2, 0.25) is 0 Å². The Labute approximate surface area is 167 Å². The fourth-order valence-electron chi connectivity index (χ4n) is 6.69. The molecule has 1 unspecified atom stereocenters. The van der Waals surface area contributed by atoms with E-state index in [1.54, 1.807) is 6.07 Å². The van der Waals surface area contributed by atoms with E-state index in [2.05, 4.69) is 23.7 Å². The largest absolute Gasteiger partial charge is 0.504 e. The molecule has 1 saturated heterocycles. The normalized spacial score (nSPS) is 38.0. The molecule has 2 fully saturated rings. The van der Waals surface area contributed by atoms with Gasteiger partial charge >= 0.3 is 0 Å². The van der Waals surface area contributed by atoms with Crippen molar-refractivity contribution in [2.75, 3.05) is 19.6 Å². The summed E-state index contributed by atoms with van der Waals surface area (Å²) in [7, 11) is 0. The Morgan fingerprint density at radius 2 is 2.25 bits per heavy atom. The van der Waals surface area contributed by atoms with Gasteiger partial charge in [-0.2, -0.15) is 0 Å². The molecule has 1 aromatic rings. The first kappa shape index (κ1) is 18.5. The van der Waals surface area contributed by atoms with Crippen molar-refractivity contribution in [1.29, 1.82) is 0 Å². The summed E-state index contributed by atoms with van der Waals surface area (Å²) < 4.78 is 6.50. The van der Waals surface area contributed by atoms with E-state index >= 15 is 0 Å². The summed E-state index contributed by atoms with van der Waals surface area (Å²) in [5.41, 5.74) is 1.07. The van der Waals surface area contributed by atoms with Gasteiger partial charge in [0, 0.05) is 24.2 Å². The molecule has 1 spiro atoms. The Bertz CT molecular complexity index is 796. The van der Waals surface area contributed by atoms with E-state index in [4.69, 9.17) is 4.74 Å². The fraction of sp³-hybridized carbons (Fsp3) is 0.652. The number of piperidine rings is 1. The number of hydrogen-bond donors (Lipinski definition) is 3. The van der Waals surface area contributed by atoms with E-state index in [1.807, 2.05) is 12.1 Å². The quantitative estimate of drug-likeness (QED) is 0.520. The van der Waals surface area contributed by atoms with Crippen LogP contribution in [0.3, 0.4) is 0 Å². The average molecular weight is 385 g/mol. The van der Waals surface area contributed by atoms with Crippen molar-refractivity contribution in [3.63, 3.8) is 0 Å². The minimum Gasteiger partial charge on any atom is -0.504 e. The molecule has 5 atom stereocenters. The predicted octanol–water partition coefficient (Wildman–Crippen LogP) is 2.49. The van der Waals surface area contributed by atoms with Crippen molar-refractivity contribution >= 4 is 0 Å². The number of likely N-dealkylation sites (tertiary alicyclic amines) is 1. The van der Waals surface area contributed by atoms with E-state index in [9.17, 15) is 10.2 Å². The fourth-order valence-corrected chi connectivity index (χ4v) is 6.69. The monoisotopic (exact) mass is 384 g/mol. The van der Waals surface area contributed by atoms with Gasteiger partial charge in [0.05, 0.1) is 11.0 Å². The number of phenols is 1. The zero-order chi connectivity index (χ0) is 19.5. The second kappa shape index (κ2) is 6.48. The molecule has 5 rings (SSSR count). The smallest absolute Gasteiger partial charge is 0.165 e. The lowest BCUT2D eigenvalue weighted by Gasteiger charge is -2.64. The van der Waals surface area contributed by atoms with Gasteiger partial charge in [0.1, 0.15) is 6.10 Å². The molecule has 2 bridgehead atoms. The first-order chi connectivity index (χ1) is 13.6. The molecule has 0 radical (unpaired) electrons. The molecule has 0 aromatic heterocycles. The molecular weight excluding hydrogens is 352 g/mol. The maximum absolute atomic E-state index is 12.2. The highest BCUT2D eigenvalue weighted by atomic mass is 16.5. The summed E-state index contributed by atoms with van der Waals surface area (Å²) in [6.07, 6.45) is 7.44. The number of phenolic OH excluding ortho intramolecular Hbond substituents is 1. The highest BCUT2D eigenvalue weighted by Gasteiger charge is 2.72. The maximum Gasteiger partial charge on any atom is 0.165 e. The number of aromatic hydroxyl groups is 1. The molecule has 1 saturated carbocycles. The number of hydrogen-bond acceptors (Lipinski definition) is 5. The summed E-state index contributed by atoms with van der Waals surface area (Å²) in [6.45, 7) is 8.82. The lowest BCUT2D eigenvalue weighted by atomic mass is 9.48. The van der Waals surface area contributed by atoms with Crippen molar-refractivity contribution < 1.29 is 14.9 Å². The van der Waals surface area contributed by atoms with Gasteiger partial charge in [-0.1, -0.05) is 25.5 Å². The van der Waals surface area contributed by atoms with Crippen molar-refractivity contribution in [2.45, 2.75) is 74.7 Å². The molecule has 3 N–H and O–H groups in total. The van der Waals surface area contributed by atoms with Crippen LogP contribution in [0.5, 0.6) is 11.5 Å². The Hall–Kier alpha value is -1.56. The van der Waals surface area contributed by atoms with Crippen molar-refractivity contribution in [3.8, 4) is 11.5 Å². The molecule has 2 heterocycles. The van der Waals surface area contributed by atoms with Gasteiger partial charge < -0.3 is 20.3 Å². The second-order valence-electron chi connectivity index (χ2n) is 9.09. The van der Waals surface area contributed by atoms with Crippen LogP contribution in [0.1, 0.15) is 50.2 Å². The lowest BCUT2D eigenvalue weighted by molar-refractivity contribution is -0.189. The van der Waals surface area contributed by atoms with Crippen LogP contribution in [0.15, 0.2) is 24.8 Å². The van der Waals surface area contributed by atoms with Crippen LogP contribution in [0, 0.1) is 0 Å². The number of unbranched alkanes of at least 4 members (excludes halogenated alkanes) is 1. The second-order valence-corrected chi connectivity index (χ2v) is 9.09. The highest BCUT2D eigenvalue weighted by molar-refractivity contribution is 5.62. The van der Waals surface area contributed by atoms with Gasteiger partial charge in [0.2, 0.25) is 0 Å². The van der Waals surface area contributed by atoms with Crippen molar-refractivity contribution in [3.05, 3.63) is 35.9 Å². The summed E-state index contributed by atoms with van der Waals surface area (Å²) in [4.78, 5) is 2.40. The standard InChI is InChI=1S/C23H32N2O3/c1-3-5-11-24-16-8-9-23(27)18-14-15-6-7-17(26)20-19(15)22(23,21(16)28-20)10-13-25(18)12-4-2/h4,6-7,16,18,21,24,26-27H,2-3,5,8-14H2,1H3/t16-,18-,21?,22+,23-/m1/s1. The zero-order valence-corrected chi connectivity index (χ0v) is 16.8. The third-order valence-corrected chi connectivity index (χ3v) is 7.87. The van der Waals surface area contributed by atoms with Gasteiger partial charge in [-0.3, -0.25) is 4.90 Å². The van der Waals surface area contributed by atoms with Gasteiger partial charge in [-0.25, -0.2) is 0 Å². The van der Waals surface area contributed by atoms with E-state index in [1.165, 1.54) is 5.56 Å². The number of aliphatic hydroxyl groups is 1. The molecule has 2 aliphatic carbocycles. The van der Waals surface area contributed by atoms with Crippen LogP contribution in [0.25, 0.3) is 0 Å². The average Bonchev–Trinajstić information content (AvgIpc) is 3.03. The van der Waals surface area contributed by atoms with E-state index in [0.717, 1.165) is 63.7 Å². The third-order valence-electron chi connectivity index (χ3n) is 7.87. The molecule has 152 valence electrons. The van der Waals surface area contributed by atoms with E-state index in [-0.39, 0.29) is 23.9 Å². The number of nitrogens with one attached hydrogen (secondary N) is 1. The highest BCUT2D eigenvalue weighted by Crippen LogP contribution is 2.65. The summed E-state index contributed by atoms with van der Waals surface area (Å²) >= 11 is 0. The molecule has 4 aliphatic rings. The lowest BCUT2D eigenvalue weighted by Crippen LogP contribution is -2.78. The third kappa shape index (κ3) is 2.18. The maximum atomic E-state index is 12.2. The topological polar surface area (TPSA) is 65.0 Å². The summed E-state index contributed by atoms with van der Waals surface area (Å²) in [5, 5.41) is 26.5. The van der Waals surface area contributed by atoms with Crippen LogP contribution in [-0.2, 0) is 11.8 Å². The van der Waals surface area contributed by atoms with Crippen LogP contribution in [-0.4, -0.2) is 58.5 Å². The van der Waals surface area contributed by atoms with Gasteiger partial charge in [-0.15, -0.1) is 6.58 Å². The molecule has 5 nitrogen and oxygen atoms in total. The summed E-state index contributed by atoms with van der Waals surface area (Å²) in [6, 6.07) is 4.08. The Morgan fingerprint density at radius 1 is 1.39 bits per heavy atom. The van der Waals surface area contributed by atoms with Gasteiger partial charge in [0.25, 0.3) is 0 Å². The Morgan fingerprint density at radius 3 is 3.04 bits per heavy atom. The SMILES string of the molecule is C=CCN1CC[C@]23c4c5ccc(O)c4OC2[C@H](NCCCC)CC[C@@]3(O)[C@H]1C5. The van der Waals surface area contributed by atoms with Crippen LogP contribution >= 0.6 is 0 Å². The molecule has 0 amide bonds. The Kier molecular flexibility index (Phi) is 4.27. The van der Waals surface area contributed by atoms with Crippen molar-refractivity contribution in [2.24, 2.45) is 0 Å². The first-order valence-corrected chi connectivity index (χ1v) is 10.9. The first-order valence-electron chi connectivity index (χ1n) is 10.9. The zero-order valence-electron chi connectivity index (χ0n) is 16.8. The van der Waals surface area contributed by atoms with Crippen LogP contribution < -0.4 is 10.1 Å². The predicted molar refractivity (Wildman–Crippen MR) is 109 cm³/mol. The number of nitrogens with zero attached hydrogens (tertiary/aromatic N) is 1.